The molecule has 5 rings (SSSR count). The molecule has 2 aliphatic rings. The van der Waals surface area contributed by atoms with Crippen molar-refractivity contribution in [1.82, 2.24) is 9.88 Å². The minimum atomic E-state index is -1.37. The lowest BCUT2D eigenvalue weighted by molar-refractivity contribution is -0.222. The number of hydrogen-bond donors (Lipinski definition) is 1. The van der Waals surface area contributed by atoms with Gasteiger partial charge in [-0.1, -0.05) is 0 Å². The van der Waals surface area contributed by atoms with E-state index in [4.69, 9.17) is 28.1 Å². The van der Waals surface area contributed by atoms with Gasteiger partial charge < -0.3 is 38.3 Å². The van der Waals surface area contributed by atoms with Gasteiger partial charge in [-0.15, -0.1) is 0 Å². The van der Waals surface area contributed by atoms with Gasteiger partial charge in [0.2, 0.25) is 0 Å². The molecule has 204 valence electrons. The van der Waals surface area contributed by atoms with Crippen molar-refractivity contribution in [3.05, 3.63) is 65.4 Å². The minimum absolute atomic E-state index is 0.225. The quantitative estimate of drug-likeness (QED) is 0.269. The van der Waals surface area contributed by atoms with Crippen LogP contribution in [0.15, 0.2) is 58.7 Å². The average Bonchev–Trinajstić information content (AvgIpc) is 3.45. The molecule has 2 aromatic carbocycles. The number of nitrogens with zero attached hydrogens (tertiary/aromatic N) is 2. The predicted octanol–water partition coefficient (Wildman–Crippen LogP) is 3.89. The summed E-state index contributed by atoms with van der Waals surface area (Å²) in [6.07, 6.45) is 3.56. The normalized spacial score (nSPS) is 16.1. The Labute approximate surface area is 225 Å². The highest BCUT2D eigenvalue weighted by Crippen LogP contribution is 2.37. The lowest BCUT2D eigenvalue weighted by Gasteiger charge is -2.36. The van der Waals surface area contributed by atoms with Crippen molar-refractivity contribution in [1.29, 1.82) is 0 Å². The summed E-state index contributed by atoms with van der Waals surface area (Å²) in [4.78, 5) is 32.1. The van der Waals surface area contributed by atoms with E-state index < -0.39 is 17.7 Å². The van der Waals surface area contributed by atoms with E-state index in [0.29, 0.717) is 53.8 Å². The second kappa shape index (κ2) is 10.2. The second-order valence-corrected chi connectivity index (χ2v) is 9.46. The Balaban J connectivity index is 1.55. The van der Waals surface area contributed by atoms with E-state index >= 15 is 0 Å². The summed E-state index contributed by atoms with van der Waals surface area (Å²) in [6, 6.07) is 9.18. The highest BCUT2D eigenvalue weighted by molar-refractivity contribution is 6.16. The number of benzene rings is 2. The molecule has 1 aromatic heterocycles. The van der Waals surface area contributed by atoms with E-state index in [0.717, 1.165) is 11.1 Å². The molecule has 0 unspecified atom stereocenters. The van der Waals surface area contributed by atoms with Crippen molar-refractivity contribution < 1.29 is 37.7 Å². The lowest BCUT2D eigenvalue weighted by Crippen LogP contribution is -2.45. The topological polar surface area (TPSA) is 122 Å². The van der Waals surface area contributed by atoms with Gasteiger partial charge in [0.25, 0.3) is 5.79 Å². The number of carbonyl (C=O) groups excluding carboxylic acids is 2. The van der Waals surface area contributed by atoms with Gasteiger partial charge in [0.05, 0.1) is 33.1 Å². The molecule has 1 fully saturated rings. The Hall–Kier alpha value is -4.67. The van der Waals surface area contributed by atoms with Crippen LogP contribution in [0.4, 0.5) is 5.69 Å². The van der Waals surface area contributed by atoms with Crippen LogP contribution in [-0.2, 0) is 32.0 Å². The summed E-state index contributed by atoms with van der Waals surface area (Å²) in [5.74, 6) is -0.385. The third-order valence-electron chi connectivity index (χ3n) is 6.52. The van der Waals surface area contributed by atoms with Crippen LogP contribution < -0.4 is 19.5 Å². The molecule has 3 aromatic rings. The van der Waals surface area contributed by atoms with Gasteiger partial charge in [0, 0.05) is 38.7 Å². The molecule has 39 heavy (non-hydrogen) atoms. The Bertz CT molecular complexity index is 1420. The number of methoxy groups -OCH3 is 3. The SMILES string of the molecule is COc1cc2c(cc1OC)CN(C(Nc1ccc(-c3cnco3)c(OC)c1)=C1C(=O)OC(C)(C)OC1=O)CC2. The summed E-state index contributed by atoms with van der Waals surface area (Å²) < 4.78 is 32.8. The molecule has 0 amide bonds. The number of oxazole rings is 1. The van der Waals surface area contributed by atoms with Crippen LogP contribution in [0.5, 0.6) is 17.2 Å². The number of anilines is 1. The predicted molar refractivity (Wildman–Crippen MR) is 139 cm³/mol. The number of cyclic esters (lactones) is 2. The molecule has 0 atom stereocenters. The Morgan fingerprint density at radius 1 is 0.949 bits per heavy atom. The number of esters is 2. The average molecular weight is 536 g/mol. The zero-order valence-corrected chi connectivity index (χ0v) is 22.3. The fraction of sp³-hybridized carbons (Fsp3) is 0.321. The number of rotatable bonds is 7. The Morgan fingerprint density at radius 2 is 1.62 bits per heavy atom. The van der Waals surface area contributed by atoms with Gasteiger partial charge in [-0.25, -0.2) is 14.6 Å². The number of ether oxygens (including phenoxy) is 5. The molecule has 3 heterocycles. The van der Waals surface area contributed by atoms with Gasteiger partial charge >= 0.3 is 11.9 Å². The molecular formula is C28H29N3O8. The van der Waals surface area contributed by atoms with Crippen LogP contribution in [0, 0.1) is 0 Å². The molecule has 0 spiro atoms. The van der Waals surface area contributed by atoms with Gasteiger partial charge in [-0.3, -0.25) is 0 Å². The number of fused-ring (bicyclic) bond motifs is 1. The van der Waals surface area contributed by atoms with Crippen molar-refractivity contribution in [2.24, 2.45) is 0 Å². The third-order valence-corrected chi connectivity index (χ3v) is 6.52. The summed E-state index contributed by atoms with van der Waals surface area (Å²) in [6.45, 7) is 3.91. The van der Waals surface area contributed by atoms with Crippen LogP contribution in [0.25, 0.3) is 11.3 Å². The Morgan fingerprint density at radius 3 is 2.23 bits per heavy atom. The van der Waals surface area contributed by atoms with Crippen molar-refractivity contribution in [3.63, 3.8) is 0 Å². The maximum atomic E-state index is 13.1. The first-order valence-corrected chi connectivity index (χ1v) is 12.3. The van der Waals surface area contributed by atoms with Crippen LogP contribution in [0.1, 0.15) is 25.0 Å². The largest absolute Gasteiger partial charge is 0.496 e. The van der Waals surface area contributed by atoms with Crippen molar-refractivity contribution in [2.75, 3.05) is 33.2 Å². The number of hydrogen-bond acceptors (Lipinski definition) is 11. The maximum absolute atomic E-state index is 13.1. The van der Waals surface area contributed by atoms with Gasteiger partial charge in [-0.2, -0.15) is 0 Å². The molecule has 1 saturated heterocycles. The fourth-order valence-corrected chi connectivity index (χ4v) is 4.68. The fourth-order valence-electron chi connectivity index (χ4n) is 4.68. The van der Waals surface area contributed by atoms with E-state index in [1.54, 1.807) is 45.7 Å². The number of nitrogens with one attached hydrogen (secondary N) is 1. The summed E-state index contributed by atoms with van der Waals surface area (Å²) in [5, 5.41) is 3.26. The second-order valence-electron chi connectivity index (χ2n) is 9.46. The van der Waals surface area contributed by atoms with Gasteiger partial charge in [0.15, 0.2) is 29.2 Å². The standard InChI is InChI=1S/C28H29N3O8/c1-28(2)38-26(32)24(27(33)39-28)25(30-18-6-7-19(20(12-18)34-3)23-13-29-15-37-23)31-9-8-16-10-21(35-4)22(36-5)11-17(16)14-31/h6-7,10-13,15,30H,8-9,14H2,1-5H3. The van der Waals surface area contributed by atoms with Crippen LogP contribution in [0.2, 0.25) is 0 Å². The van der Waals surface area contributed by atoms with E-state index in [9.17, 15) is 9.59 Å². The first-order chi connectivity index (χ1) is 18.7. The first-order valence-electron chi connectivity index (χ1n) is 12.3. The molecule has 11 heteroatoms. The highest BCUT2D eigenvalue weighted by atomic mass is 16.7. The van der Waals surface area contributed by atoms with Crippen LogP contribution in [0.3, 0.4) is 0 Å². The number of carbonyl (C=O) groups is 2. The molecule has 2 aliphatic heterocycles. The van der Waals surface area contributed by atoms with Gasteiger partial charge in [-0.05, 0) is 41.8 Å². The molecule has 0 radical (unpaired) electrons. The zero-order valence-electron chi connectivity index (χ0n) is 22.3. The molecule has 0 saturated carbocycles. The maximum Gasteiger partial charge on any atom is 0.352 e. The van der Waals surface area contributed by atoms with Crippen LogP contribution >= 0.6 is 0 Å². The summed E-state index contributed by atoms with van der Waals surface area (Å²) in [5.41, 5.74) is 3.09. The molecule has 11 nitrogen and oxygen atoms in total. The lowest BCUT2D eigenvalue weighted by atomic mass is 9.98. The van der Waals surface area contributed by atoms with Crippen molar-refractivity contribution >= 4 is 17.6 Å². The molecule has 0 bridgehead atoms. The van der Waals surface area contributed by atoms with Crippen LogP contribution in [-0.4, -0.2) is 55.5 Å². The zero-order chi connectivity index (χ0) is 27.7. The van der Waals surface area contributed by atoms with E-state index in [-0.39, 0.29) is 11.4 Å². The molecular weight excluding hydrogens is 506 g/mol. The summed E-state index contributed by atoms with van der Waals surface area (Å²) in [7, 11) is 4.71. The highest BCUT2D eigenvalue weighted by Gasteiger charge is 2.42. The Kier molecular flexibility index (Phi) is 6.81. The monoisotopic (exact) mass is 535 g/mol. The van der Waals surface area contributed by atoms with Gasteiger partial charge in [0.1, 0.15) is 11.6 Å². The van der Waals surface area contributed by atoms with E-state index in [1.165, 1.54) is 20.2 Å². The smallest absolute Gasteiger partial charge is 0.352 e. The van der Waals surface area contributed by atoms with Crippen molar-refractivity contribution in [3.8, 4) is 28.6 Å². The molecule has 0 aliphatic carbocycles. The van der Waals surface area contributed by atoms with Crippen molar-refractivity contribution in [2.45, 2.75) is 32.6 Å². The molecule has 1 N–H and O–H groups in total. The summed E-state index contributed by atoms with van der Waals surface area (Å²) >= 11 is 0. The van der Waals surface area contributed by atoms with E-state index in [2.05, 4.69) is 10.3 Å². The third kappa shape index (κ3) is 5.07. The number of aromatic nitrogens is 1. The minimum Gasteiger partial charge on any atom is -0.496 e. The first kappa shape index (κ1) is 26.0. The van der Waals surface area contributed by atoms with E-state index in [1.807, 2.05) is 17.0 Å².